The van der Waals surface area contributed by atoms with E-state index in [1.807, 2.05) is 20.8 Å². The SMILES string of the molecule is C/C=C\C(=C/C)C(OC(C)=O)C(C)(C)C1/C(=C(/O)C(C)C)C(=O)OC2C3(O)C(OC(C)=O)C4(C)CC35OC3(C)OC12C(CC)(O3)C5(C)C4CC(=O)O. The van der Waals surface area contributed by atoms with Gasteiger partial charge in [0, 0.05) is 55.3 Å². The Kier molecular flexibility index (Phi) is 8.42. The van der Waals surface area contributed by atoms with Gasteiger partial charge in [0.1, 0.15) is 29.2 Å². The van der Waals surface area contributed by atoms with E-state index in [9.17, 15) is 34.5 Å². The lowest BCUT2D eigenvalue weighted by Gasteiger charge is -2.75. The van der Waals surface area contributed by atoms with Crippen LogP contribution in [-0.4, -0.2) is 85.9 Å². The van der Waals surface area contributed by atoms with Crippen LogP contribution >= 0.6 is 0 Å². The first-order chi connectivity index (χ1) is 23.9. The van der Waals surface area contributed by atoms with Gasteiger partial charge in [0.05, 0.1) is 5.57 Å². The Morgan fingerprint density at radius 1 is 1.04 bits per heavy atom. The summed E-state index contributed by atoms with van der Waals surface area (Å²) in [5.74, 6) is -8.32. The molecule has 13 nitrogen and oxygen atoms in total. The van der Waals surface area contributed by atoms with Gasteiger partial charge >= 0.3 is 23.9 Å². The van der Waals surface area contributed by atoms with Gasteiger partial charge in [-0.25, -0.2) is 4.79 Å². The maximum atomic E-state index is 14.7. The summed E-state index contributed by atoms with van der Waals surface area (Å²) in [6.07, 6.45) is 1.02. The molecule has 0 amide bonds. The number of carboxylic acids is 1. The second-order valence-corrected chi connectivity index (χ2v) is 17.1. The van der Waals surface area contributed by atoms with Crippen LogP contribution in [-0.2, 0) is 47.6 Å². The molecule has 2 spiro atoms. The van der Waals surface area contributed by atoms with Crippen LogP contribution in [0.4, 0.5) is 0 Å². The zero-order chi connectivity index (χ0) is 39.0. The molecule has 12 unspecified atom stereocenters. The van der Waals surface area contributed by atoms with Gasteiger partial charge in [-0.1, -0.05) is 66.7 Å². The van der Waals surface area contributed by atoms with Gasteiger partial charge in [0.2, 0.25) is 0 Å². The number of aliphatic hydroxyl groups excluding tert-OH is 1. The molecular formula is C39H54O13. The minimum absolute atomic E-state index is 0.0329. The van der Waals surface area contributed by atoms with Crippen molar-refractivity contribution in [2.75, 3.05) is 0 Å². The number of hydrogen-bond donors (Lipinski definition) is 3. The molecule has 0 radical (unpaired) electrons. The summed E-state index contributed by atoms with van der Waals surface area (Å²) in [6.45, 7) is 20.1. The predicted octanol–water partition coefficient (Wildman–Crippen LogP) is 5.05. The second kappa shape index (κ2) is 11.4. The van der Waals surface area contributed by atoms with Crippen LogP contribution in [0.5, 0.6) is 0 Å². The molecule has 0 aromatic carbocycles. The van der Waals surface area contributed by atoms with E-state index in [4.69, 9.17) is 28.4 Å². The molecule has 13 heteroatoms. The van der Waals surface area contributed by atoms with Crippen LogP contribution in [0.15, 0.2) is 35.1 Å². The summed E-state index contributed by atoms with van der Waals surface area (Å²) in [5.41, 5.74) is -11.1. The quantitative estimate of drug-likeness (QED) is 0.0893. The van der Waals surface area contributed by atoms with E-state index in [0.29, 0.717) is 5.57 Å². The van der Waals surface area contributed by atoms with Crippen LogP contribution in [0.25, 0.3) is 0 Å². The molecule has 3 aliphatic carbocycles. The average molecular weight is 731 g/mol. The Bertz CT molecular complexity index is 1710. The van der Waals surface area contributed by atoms with Crippen LogP contribution in [0.3, 0.4) is 0 Å². The highest BCUT2D eigenvalue weighted by Gasteiger charge is 3.03. The Balaban J connectivity index is 1.81. The van der Waals surface area contributed by atoms with Gasteiger partial charge in [-0.15, -0.1) is 0 Å². The summed E-state index contributed by atoms with van der Waals surface area (Å²) >= 11 is 0. The summed E-state index contributed by atoms with van der Waals surface area (Å²) in [7, 11) is 0. The van der Waals surface area contributed by atoms with Crippen molar-refractivity contribution in [2.45, 2.75) is 149 Å². The highest BCUT2D eigenvalue weighted by molar-refractivity contribution is 5.92. The van der Waals surface area contributed by atoms with E-state index in [1.54, 1.807) is 66.7 Å². The predicted molar refractivity (Wildman–Crippen MR) is 183 cm³/mol. The van der Waals surface area contributed by atoms with Crippen molar-refractivity contribution in [1.29, 1.82) is 0 Å². The number of hydrogen-bond acceptors (Lipinski definition) is 12. The molecule has 12 atom stereocenters. The largest absolute Gasteiger partial charge is 0.511 e. The third kappa shape index (κ3) is 4.08. The molecule has 6 fully saturated rings. The maximum Gasteiger partial charge on any atom is 0.338 e. The fourth-order valence-corrected chi connectivity index (χ4v) is 12.6. The molecule has 3 saturated heterocycles. The first-order valence-electron chi connectivity index (χ1n) is 18.2. The van der Waals surface area contributed by atoms with Gasteiger partial charge in [0.25, 0.3) is 5.97 Å². The lowest BCUT2D eigenvalue weighted by atomic mass is 9.35. The number of carbonyl (C=O) groups is 4. The molecule has 3 aliphatic heterocycles. The molecule has 0 aromatic rings. The monoisotopic (exact) mass is 730 g/mol. The van der Waals surface area contributed by atoms with E-state index < -0.39 is 111 Å². The van der Waals surface area contributed by atoms with Crippen LogP contribution in [0.2, 0.25) is 0 Å². The number of aliphatic hydroxyl groups is 2. The number of carboxylic acid groups (broad SMARTS) is 1. The minimum Gasteiger partial charge on any atom is -0.511 e. The summed E-state index contributed by atoms with van der Waals surface area (Å²) in [4.78, 5) is 53.4. The Morgan fingerprint density at radius 3 is 2.17 bits per heavy atom. The van der Waals surface area contributed by atoms with Gasteiger partial charge in [-0.2, -0.15) is 0 Å². The highest BCUT2D eigenvalue weighted by atomic mass is 16.9. The summed E-state index contributed by atoms with van der Waals surface area (Å²) in [6, 6.07) is 0. The van der Waals surface area contributed by atoms with Crippen molar-refractivity contribution in [3.63, 3.8) is 0 Å². The van der Waals surface area contributed by atoms with Gasteiger partial charge < -0.3 is 43.7 Å². The standard InChI is InChI=1S/C39H54O13/c1-13-16-22(14-2)28(47-20(6)40)32(8,9)27-25(26(44)19(4)5)29(45)49-31-38(46)30(48-21(7)41)33(10)18-37(38)34(11,23(33)17-24(42)43)36(15-3)39(27,31)52-35(12,50-36)51-37/h13-14,16,19,23,27-28,30-31,44,46H,15,17-18H2,1-12H3,(H,42,43)/b16-13-,22-14+,26-25-. The molecule has 0 aromatic heterocycles. The van der Waals surface area contributed by atoms with E-state index >= 15 is 0 Å². The Labute approximate surface area is 304 Å². The van der Waals surface area contributed by atoms with Crippen molar-refractivity contribution in [3.05, 3.63) is 35.1 Å². The molecule has 3 heterocycles. The number of allylic oxidation sites excluding steroid dienone is 3. The van der Waals surface area contributed by atoms with E-state index in [1.165, 1.54) is 13.8 Å². The van der Waals surface area contributed by atoms with Crippen molar-refractivity contribution in [2.24, 2.45) is 34.0 Å². The van der Waals surface area contributed by atoms with Crippen molar-refractivity contribution < 1.29 is 62.9 Å². The number of fused-ring (bicyclic) bond motifs is 3. The molecule has 6 aliphatic rings. The molecule has 3 N–H and O–H groups in total. The maximum absolute atomic E-state index is 14.7. The molecule has 6 rings (SSSR count). The van der Waals surface area contributed by atoms with Gasteiger partial charge in [-0.05, 0) is 38.2 Å². The normalized spacial score (nSPS) is 46.0. The molecule has 4 bridgehead atoms. The van der Waals surface area contributed by atoms with Crippen molar-refractivity contribution >= 4 is 23.9 Å². The third-order valence-corrected chi connectivity index (χ3v) is 13.8. The second-order valence-electron chi connectivity index (χ2n) is 17.1. The zero-order valence-electron chi connectivity index (χ0n) is 32.2. The first-order valence-corrected chi connectivity index (χ1v) is 18.2. The van der Waals surface area contributed by atoms with E-state index in [2.05, 4.69) is 0 Å². The van der Waals surface area contributed by atoms with Gasteiger partial charge in [-0.3, -0.25) is 14.4 Å². The number of carbonyl (C=O) groups excluding carboxylic acids is 3. The van der Waals surface area contributed by atoms with E-state index in [-0.39, 0.29) is 24.2 Å². The van der Waals surface area contributed by atoms with Crippen molar-refractivity contribution in [3.8, 4) is 0 Å². The fourth-order valence-electron chi connectivity index (χ4n) is 12.6. The zero-order valence-corrected chi connectivity index (χ0v) is 32.2. The number of ether oxygens (including phenoxy) is 6. The van der Waals surface area contributed by atoms with Crippen LogP contribution < -0.4 is 0 Å². The van der Waals surface area contributed by atoms with Crippen molar-refractivity contribution in [1.82, 2.24) is 0 Å². The molecule has 52 heavy (non-hydrogen) atoms. The number of esters is 3. The lowest BCUT2D eigenvalue weighted by molar-refractivity contribution is -0.475. The number of aliphatic carboxylic acids is 1. The fraction of sp³-hybridized carbons (Fsp3) is 0.744. The molecule has 3 saturated carbocycles. The topological polar surface area (TPSA) is 184 Å². The molecular weight excluding hydrogens is 676 g/mol. The first kappa shape index (κ1) is 38.5. The Morgan fingerprint density at radius 2 is 1.67 bits per heavy atom. The molecule has 288 valence electrons. The smallest absolute Gasteiger partial charge is 0.338 e. The highest BCUT2D eigenvalue weighted by Crippen LogP contribution is 2.88. The number of rotatable bonds is 10. The van der Waals surface area contributed by atoms with E-state index in [0.717, 1.165) is 0 Å². The Hall–Kier alpha value is -3.26. The third-order valence-electron chi connectivity index (χ3n) is 13.8. The summed E-state index contributed by atoms with van der Waals surface area (Å²) < 4.78 is 39.8. The lowest BCUT2D eigenvalue weighted by Crippen LogP contribution is -2.93. The minimum atomic E-state index is -2.32. The average Bonchev–Trinajstić information content (AvgIpc) is 3.45. The van der Waals surface area contributed by atoms with Gasteiger partial charge in [0.15, 0.2) is 17.3 Å². The summed E-state index contributed by atoms with van der Waals surface area (Å²) in [5, 5.41) is 36.2. The van der Waals surface area contributed by atoms with Crippen LogP contribution in [0.1, 0.15) is 102 Å². The van der Waals surface area contributed by atoms with Crippen LogP contribution in [0, 0.1) is 34.0 Å².